The summed E-state index contributed by atoms with van der Waals surface area (Å²) in [7, 11) is 0. The lowest BCUT2D eigenvalue weighted by Crippen LogP contribution is -2.51. The molecule has 10 heterocycles. The fourth-order valence-electron chi connectivity index (χ4n) is 9.84. The number of hydrogen-bond acceptors (Lipinski definition) is 26. The molecule has 484 valence electrons. The van der Waals surface area contributed by atoms with Crippen LogP contribution in [0.1, 0.15) is 122 Å². The molecule has 3 unspecified atom stereocenters. The van der Waals surface area contributed by atoms with E-state index in [1.807, 2.05) is 39.1 Å². The Morgan fingerprint density at radius 2 is 1.27 bits per heavy atom. The number of rotatable bonds is 27. The number of nitrogens with one attached hydrogen (secondary N) is 3. The average Bonchev–Trinajstić information content (AvgIpc) is 1.68. The number of aliphatic imine (C=N–C) groups is 2. The maximum atomic E-state index is 14.4. The lowest BCUT2D eigenvalue weighted by Gasteiger charge is -2.27. The second kappa shape index (κ2) is 27.6. The van der Waals surface area contributed by atoms with E-state index in [2.05, 4.69) is 60.8 Å². The van der Waals surface area contributed by atoms with Crippen molar-refractivity contribution in [3.05, 3.63) is 111 Å². The van der Waals surface area contributed by atoms with E-state index >= 15 is 0 Å². The molecule has 1 aliphatic rings. The molecule has 0 saturated heterocycles. The maximum absolute atomic E-state index is 14.4. The number of carboxylic acids is 1. The van der Waals surface area contributed by atoms with Crippen LogP contribution in [0.25, 0.3) is 80.2 Å². The van der Waals surface area contributed by atoms with E-state index in [0.717, 1.165) is 10.6 Å². The van der Waals surface area contributed by atoms with Crippen LogP contribution in [-0.4, -0.2) is 116 Å². The molecule has 0 spiro atoms. The number of oxazole rings is 7. The van der Waals surface area contributed by atoms with Gasteiger partial charge in [0.25, 0.3) is 5.91 Å². The molecule has 10 aromatic rings. The molecular formula is C61H65N17O13S2. The highest BCUT2D eigenvalue weighted by molar-refractivity contribution is 7.13. The highest BCUT2D eigenvalue weighted by atomic mass is 32.1. The number of aliphatic carboxylic acids is 1. The van der Waals surface area contributed by atoms with Gasteiger partial charge < -0.3 is 73.9 Å². The van der Waals surface area contributed by atoms with Crippen molar-refractivity contribution in [3.8, 4) is 80.2 Å². The molecule has 0 bridgehead atoms. The number of aromatic nitrogens is 9. The van der Waals surface area contributed by atoms with Gasteiger partial charge in [-0.1, -0.05) is 70.9 Å². The van der Waals surface area contributed by atoms with Crippen LogP contribution >= 0.6 is 22.7 Å². The summed E-state index contributed by atoms with van der Waals surface area (Å²) in [5.41, 5.74) is 20.4. The number of amides is 3. The van der Waals surface area contributed by atoms with Gasteiger partial charge in [0.05, 0.1) is 6.04 Å². The van der Waals surface area contributed by atoms with Gasteiger partial charge in [-0.2, -0.15) is 0 Å². The number of carbonyl (C=O) groups excluding carboxylic acids is 3. The van der Waals surface area contributed by atoms with Gasteiger partial charge in [0.2, 0.25) is 58.9 Å². The van der Waals surface area contributed by atoms with Gasteiger partial charge >= 0.3 is 5.97 Å². The van der Waals surface area contributed by atoms with Gasteiger partial charge in [-0.3, -0.25) is 19.4 Å². The van der Waals surface area contributed by atoms with E-state index in [9.17, 15) is 24.3 Å². The number of benzene rings is 1. The maximum Gasteiger partial charge on any atom is 0.326 e. The highest BCUT2D eigenvalue weighted by Crippen LogP contribution is 2.37. The Kier molecular flexibility index (Phi) is 19.0. The average molecular weight is 1310 g/mol. The van der Waals surface area contributed by atoms with Crippen LogP contribution in [-0.2, 0) is 25.5 Å². The van der Waals surface area contributed by atoms with Gasteiger partial charge in [0.15, 0.2) is 46.2 Å². The third kappa shape index (κ3) is 14.2. The Morgan fingerprint density at radius 3 is 1.94 bits per heavy atom. The number of ether oxygens (including phenoxy) is 1. The number of hydrogen-bond donors (Lipinski definition) is 7. The monoisotopic (exact) mass is 1310 g/mol. The van der Waals surface area contributed by atoms with E-state index in [4.69, 9.17) is 62.8 Å². The third-order valence-electron chi connectivity index (χ3n) is 15.4. The number of aryl methyl sites for hydroxylation is 3. The van der Waals surface area contributed by atoms with Crippen LogP contribution in [0.4, 0.5) is 0 Å². The zero-order chi connectivity index (χ0) is 65.8. The van der Waals surface area contributed by atoms with Crippen molar-refractivity contribution < 1.29 is 59.9 Å². The SMILES string of the molecule is CC[C@H](C)[C@H](NC(=O)c1nc(-c2nc(-c3csc(-c4nc(-c5csc(C(N)CCCN=C(N)N)n5)oc4C)n3)oc2C)oc1C)C(=O)N[C@H](c1nc(-c2nc(-c3nc(-c4nc(C5=NC(C(=O)N[C@@H](Cc6ccccc6)C(=O)O)C(C)O5)co4)co3)co2)co1)[C@@H](C)CC. The quantitative estimate of drug-likeness (QED) is 0.0144. The minimum absolute atomic E-state index is 0.0189. The zero-order valence-electron chi connectivity index (χ0n) is 51.5. The molecule has 93 heavy (non-hydrogen) atoms. The summed E-state index contributed by atoms with van der Waals surface area (Å²) < 4.78 is 47.2. The van der Waals surface area contributed by atoms with Gasteiger partial charge in [-0.25, -0.2) is 54.6 Å². The smallest absolute Gasteiger partial charge is 0.326 e. The third-order valence-corrected chi connectivity index (χ3v) is 17.2. The molecular weight excluding hydrogens is 1240 g/mol. The molecule has 3 amide bonds. The van der Waals surface area contributed by atoms with Crippen LogP contribution in [0.15, 0.2) is 107 Å². The van der Waals surface area contributed by atoms with E-state index in [0.29, 0.717) is 71.7 Å². The molecule has 0 aliphatic carbocycles. The molecule has 1 aromatic carbocycles. The van der Waals surface area contributed by atoms with Crippen molar-refractivity contribution in [1.82, 2.24) is 60.8 Å². The summed E-state index contributed by atoms with van der Waals surface area (Å²) in [6.45, 7) is 14.8. The largest absolute Gasteiger partial charge is 0.480 e. The van der Waals surface area contributed by atoms with Gasteiger partial charge in [0, 0.05) is 23.7 Å². The Hall–Kier alpha value is -10.5. The van der Waals surface area contributed by atoms with E-state index in [1.165, 1.54) is 47.7 Å². The topological polar surface area (TPSA) is 445 Å². The number of nitrogens with zero attached hydrogens (tertiary/aromatic N) is 11. The molecule has 30 nitrogen and oxygen atoms in total. The second-order valence-electron chi connectivity index (χ2n) is 22.1. The zero-order valence-corrected chi connectivity index (χ0v) is 53.2. The highest BCUT2D eigenvalue weighted by Gasteiger charge is 2.38. The Bertz CT molecular complexity index is 4370. The fourth-order valence-corrected chi connectivity index (χ4v) is 11.5. The van der Waals surface area contributed by atoms with Crippen LogP contribution < -0.4 is 33.2 Å². The van der Waals surface area contributed by atoms with Crippen molar-refractivity contribution in [3.63, 3.8) is 0 Å². The molecule has 10 N–H and O–H groups in total. The molecule has 1 aliphatic heterocycles. The number of thiazole rings is 2. The van der Waals surface area contributed by atoms with Crippen molar-refractivity contribution in [2.75, 3.05) is 6.54 Å². The van der Waals surface area contributed by atoms with Crippen LogP contribution in [0.3, 0.4) is 0 Å². The van der Waals surface area contributed by atoms with E-state index in [-0.39, 0.29) is 111 Å². The van der Waals surface area contributed by atoms with Gasteiger partial charge in [0.1, 0.15) is 93.7 Å². The molecule has 9 aromatic heterocycles. The Balaban J connectivity index is 0.716. The van der Waals surface area contributed by atoms with Crippen molar-refractivity contribution in [2.24, 2.45) is 39.0 Å². The van der Waals surface area contributed by atoms with Crippen LogP contribution in [0, 0.1) is 32.6 Å². The summed E-state index contributed by atoms with van der Waals surface area (Å²) >= 11 is 2.73. The lowest BCUT2D eigenvalue weighted by molar-refractivity contribution is -0.142. The Morgan fingerprint density at radius 1 is 0.667 bits per heavy atom. The number of carboxylic acid groups (broad SMARTS) is 1. The number of carbonyl (C=O) groups is 4. The minimum Gasteiger partial charge on any atom is -0.480 e. The summed E-state index contributed by atoms with van der Waals surface area (Å²) in [6, 6.07) is 4.61. The first-order valence-corrected chi connectivity index (χ1v) is 31.4. The number of guanidine groups is 1. The van der Waals surface area contributed by atoms with Crippen molar-refractivity contribution in [1.29, 1.82) is 0 Å². The van der Waals surface area contributed by atoms with Crippen molar-refractivity contribution in [2.45, 2.75) is 124 Å². The van der Waals surface area contributed by atoms with E-state index in [1.54, 1.807) is 57.3 Å². The predicted octanol–water partition coefficient (Wildman–Crippen LogP) is 8.56. The molecule has 0 fully saturated rings. The standard InChI is InChI=1S/C61H65N17O13S2/c1-9-26(3)41(73-49(81)44-29(6)91-57(76-44)45-30(7)89-54(77-45)40-25-93-59(72-40)46-31(8)90-55(78-46)39-24-92-58(71-39)33(62)17-14-18-65-61(63)64)47(79)74-42(27(4)10-2)56-70-37(22-87-56)52-68-35(20-85-52)50-67-36(21-84-50)51-69-38(23-86-51)53-75-43(28(5)88-53)48(80)66-34(60(82)83)19-32-15-12-11-13-16-32/h11-13,15-16,20-28,33-34,41-43H,9-10,14,17-19,62H2,1-8H3,(H,66,80)(H,73,81)(H,74,79)(H,82,83)(H4,63,64,65)/t26-,27-,28?,33?,34-,41-,42-,43?/m0/s1. The summed E-state index contributed by atoms with van der Waals surface area (Å²) in [6.07, 6.45) is 7.06. The second-order valence-corrected chi connectivity index (χ2v) is 23.9. The molecule has 11 rings (SSSR count). The van der Waals surface area contributed by atoms with Gasteiger partial charge in [-0.15, -0.1) is 22.7 Å². The summed E-state index contributed by atoms with van der Waals surface area (Å²) in [5, 5.41) is 23.3. The lowest BCUT2D eigenvalue weighted by atomic mass is 9.95. The first kappa shape index (κ1) is 64.1. The molecule has 8 atom stereocenters. The summed E-state index contributed by atoms with van der Waals surface area (Å²) in [4.78, 5) is 104. The van der Waals surface area contributed by atoms with Crippen LogP contribution in [0.5, 0.6) is 0 Å². The minimum atomic E-state index is -1.19. The van der Waals surface area contributed by atoms with E-state index < -0.39 is 54.0 Å². The number of nitrogens with two attached hydrogens (primary N) is 3. The summed E-state index contributed by atoms with van der Waals surface area (Å²) in [5.74, 6) is -1.54. The van der Waals surface area contributed by atoms with Crippen LogP contribution in [0.2, 0.25) is 0 Å². The normalized spacial score (nSPS) is 15.8. The first-order valence-electron chi connectivity index (χ1n) is 29.6. The predicted molar refractivity (Wildman–Crippen MR) is 335 cm³/mol. The van der Waals surface area contributed by atoms with Crippen molar-refractivity contribution >= 4 is 58.2 Å². The first-order chi connectivity index (χ1) is 44.7. The fraction of sp³-hybridized carbons (Fsp3) is 0.361. The molecule has 32 heteroatoms. The Labute approximate surface area is 537 Å². The molecule has 0 saturated carbocycles. The van der Waals surface area contributed by atoms with Gasteiger partial charge in [-0.05, 0) is 57.9 Å². The molecule has 0 radical (unpaired) electrons.